The van der Waals surface area contributed by atoms with Crippen LogP contribution in [0.4, 0.5) is 10.5 Å². The Kier molecular flexibility index (Phi) is 4.57. The van der Waals surface area contributed by atoms with Crippen LogP contribution in [0.2, 0.25) is 0 Å². The molecule has 0 saturated heterocycles. The molecule has 3 rings (SSSR count). The van der Waals surface area contributed by atoms with E-state index in [2.05, 4.69) is 22.8 Å². The lowest BCUT2D eigenvalue weighted by Crippen LogP contribution is -2.38. The highest BCUT2D eigenvalue weighted by Gasteiger charge is 2.22. The zero-order chi connectivity index (χ0) is 17.2. The molecule has 2 amide bonds. The minimum atomic E-state index is -3.10. The van der Waals surface area contributed by atoms with E-state index in [1.807, 2.05) is 12.1 Å². The van der Waals surface area contributed by atoms with Gasteiger partial charge in [-0.2, -0.15) is 0 Å². The third-order valence-electron chi connectivity index (χ3n) is 4.00. The van der Waals surface area contributed by atoms with E-state index in [1.165, 1.54) is 17.4 Å². The van der Waals surface area contributed by atoms with Crippen LogP contribution in [0.15, 0.2) is 48.5 Å². The van der Waals surface area contributed by atoms with E-state index in [-0.39, 0.29) is 17.8 Å². The minimum Gasteiger partial charge on any atom is -0.334 e. The van der Waals surface area contributed by atoms with E-state index in [0.29, 0.717) is 11.3 Å². The Labute approximate surface area is 142 Å². The first kappa shape index (κ1) is 16.5. The van der Waals surface area contributed by atoms with Gasteiger partial charge < -0.3 is 10.6 Å². The SMILES string of the molecule is CS(=O)(=O)Cc1cccc(NC(=O)NC2Cc3ccccc3C2)c1. The van der Waals surface area contributed by atoms with E-state index in [1.54, 1.807) is 24.3 Å². The zero-order valence-corrected chi connectivity index (χ0v) is 14.3. The molecular weight excluding hydrogens is 324 g/mol. The van der Waals surface area contributed by atoms with Crippen LogP contribution in [-0.2, 0) is 28.4 Å². The Morgan fingerprint density at radius 3 is 2.38 bits per heavy atom. The number of rotatable bonds is 4. The number of nitrogens with one attached hydrogen (secondary N) is 2. The van der Waals surface area contributed by atoms with Gasteiger partial charge in [-0.15, -0.1) is 0 Å². The topological polar surface area (TPSA) is 75.3 Å². The molecule has 5 nitrogen and oxygen atoms in total. The summed E-state index contributed by atoms with van der Waals surface area (Å²) in [6.45, 7) is 0. The molecule has 126 valence electrons. The van der Waals surface area contributed by atoms with Crippen LogP contribution in [-0.4, -0.2) is 26.7 Å². The molecule has 24 heavy (non-hydrogen) atoms. The molecule has 0 aliphatic heterocycles. The minimum absolute atomic E-state index is 0.0396. The van der Waals surface area contributed by atoms with E-state index in [0.717, 1.165) is 12.8 Å². The second-order valence-electron chi connectivity index (χ2n) is 6.24. The number of sulfone groups is 1. The number of hydrogen-bond acceptors (Lipinski definition) is 3. The predicted molar refractivity (Wildman–Crippen MR) is 94.8 cm³/mol. The molecule has 0 unspecified atom stereocenters. The van der Waals surface area contributed by atoms with Crippen molar-refractivity contribution in [2.75, 3.05) is 11.6 Å². The Bertz CT molecular complexity index is 837. The van der Waals surface area contributed by atoms with Crippen molar-refractivity contribution in [1.82, 2.24) is 5.32 Å². The van der Waals surface area contributed by atoms with Crippen LogP contribution in [0.25, 0.3) is 0 Å². The Balaban J connectivity index is 1.59. The number of amides is 2. The van der Waals surface area contributed by atoms with E-state index in [4.69, 9.17) is 0 Å². The van der Waals surface area contributed by atoms with Gasteiger partial charge in [-0.3, -0.25) is 0 Å². The Hall–Kier alpha value is -2.34. The van der Waals surface area contributed by atoms with Crippen molar-refractivity contribution >= 4 is 21.6 Å². The van der Waals surface area contributed by atoms with Crippen LogP contribution in [0, 0.1) is 0 Å². The van der Waals surface area contributed by atoms with Crippen LogP contribution in [0.3, 0.4) is 0 Å². The third-order valence-corrected chi connectivity index (χ3v) is 4.86. The number of carbonyl (C=O) groups excluding carboxylic acids is 1. The normalized spacial score (nSPS) is 14.2. The Morgan fingerprint density at radius 2 is 1.75 bits per heavy atom. The lowest BCUT2D eigenvalue weighted by atomic mass is 10.1. The standard InChI is InChI=1S/C18H20N2O3S/c1-24(22,23)12-13-5-4-8-16(9-13)19-18(21)20-17-10-14-6-2-3-7-15(14)11-17/h2-9,17H,10-12H2,1H3,(H2,19,20,21). The van der Waals surface area contributed by atoms with Crippen molar-refractivity contribution in [3.8, 4) is 0 Å². The van der Waals surface area contributed by atoms with Gasteiger partial charge in [0.25, 0.3) is 0 Å². The Morgan fingerprint density at radius 1 is 1.08 bits per heavy atom. The van der Waals surface area contributed by atoms with Gasteiger partial charge in [0.05, 0.1) is 5.75 Å². The number of hydrogen-bond donors (Lipinski definition) is 2. The summed E-state index contributed by atoms with van der Waals surface area (Å²) in [5.74, 6) is -0.0396. The van der Waals surface area contributed by atoms with Crippen LogP contribution in [0.5, 0.6) is 0 Å². The third kappa shape index (κ3) is 4.35. The van der Waals surface area contributed by atoms with Crippen molar-refractivity contribution < 1.29 is 13.2 Å². The first-order valence-corrected chi connectivity index (χ1v) is 9.86. The van der Waals surface area contributed by atoms with Gasteiger partial charge in [-0.05, 0) is 41.7 Å². The van der Waals surface area contributed by atoms with Crippen LogP contribution < -0.4 is 10.6 Å². The maximum Gasteiger partial charge on any atom is 0.319 e. The van der Waals surface area contributed by atoms with Gasteiger partial charge in [-0.1, -0.05) is 36.4 Å². The molecule has 0 heterocycles. The molecule has 0 radical (unpaired) electrons. The van der Waals surface area contributed by atoms with Gasteiger partial charge >= 0.3 is 6.03 Å². The first-order chi connectivity index (χ1) is 11.4. The molecule has 2 aromatic rings. The molecule has 0 atom stereocenters. The maximum absolute atomic E-state index is 12.2. The molecule has 0 spiro atoms. The molecular formula is C18H20N2O3S. The number of carbonyl (C=O) groups is 1. The zero-order valence-electron chi connectivity index (χ0n) is 13.5. The van der Waals surface area contributed by atoms with Gasteiger partial charge in [0, 0.05) is 18.0 Å². The number of anilines is 1. The fourth-order valence-electron chi connectivity index (χ4n) is 3.06. The highest BCUT2D eigenvalue weighted by atomic mass is 32.2. The van der Waals surface area contributed by atoms with Crippen LogP contribution in [0.1, 0.15) is 16.7 Å². The van der Waals surface area contributed by atoms with Crippen molar-refractivity contribution in [1.29, 1.82) is 0 Å². The fourth-order valence-corrected chi connectivity index (χ4v) is 3.84. The summed E-state index contributed by atoms with van der Waals surface area (Å²) in [4.78, 5) is 12.2. The second-order valence-corrected chi connectivity index (χ2v) is 8.38. The molecule has 0 fully saturated rings. The second kappa shape index (κ2) is 6.65. The molecule has 0 aromatic heterocycles. The highest BCUT2D eigenvalue weighted by molar-refractivity contribution is 7.89. The summed E-state index contributed by atoms with van der Waals surface area (Å²) in [5.41, 5.74) is 3.80. The summed E-state index contributed by atoms with van der Waals surface area (Å²) < 4.78 is 22.7. The van der Waals surface area contributed by atoms with Crippen molar-refractivity contribution in [2.45, 2.75) is 24.6 Å². The van der Waals surface area contributed by atoms with Crippen molar-refractivity contribution in [3.63, 3.8) is 0 Å². The molecule has 0 bridgehead atoms. The van der Waals surface area contributed by atoms with Crippen molar-refractivity contribution in [2.24, 2.45) is 0 Å². The molecule has 1 aliphatic carbocycles. The van der Waals surface area contributed by atoms with E-state index >= 15 is 0 Å². The van der Waals surface area contributed by atoms with Gasteiger partial charge in [0.1, 0.15) is 0 Å². The first-order valence-electron chi connectivity index (χ1n) is 7.80. The summed E-state index contributed by atoms with van der Waals surface area (Å²) in [6, 6.07) is 14.9. The number of fused-ring (bicyclic) bond motifs is 1. The molecule has 1 aliphatic rings. The summed E-state index contributed by atoms with van der Waals surface area (Å²) in [6.07, 6.45) is 2.85. The molecule has 2 aromatic carbocycles. The summed E-state index contributed by atoms with van der Waals surface area (Å²) in [5, 5.41) is 5.75. The summed E-state index contributed by atoms with van der Waals surface area (Å²) >= 11 is 0. The lowest BCUT2D eigenvalue weighted by molar-refractivity contribution is 0.249. The van der Waals surface area contributed by atoms with Gasteiger partial charge in [0.2, 0.25) is 0 Å². The van der Waals surface area contributed by atoms with E-state index in [9.17, 15) is 13.2 Å². The predicted octanol–water partition coefficient (Wildman–Crippen LogP) is 2.52. The monoisotopic (exact) mass is 344 g/mol. The number of benzene rings is 2. The van der Waals surface area contributed by atoms with E-state index < -0.39 is 9.84 Å². The average molecular weight is 344 g/mol. The maximum atomic E-state index is 12.2. The smallest absolute Gasteiger partial charge is 0.319 e. The van der Waals surface area contributed by atoms with Gasteiger partial charge in [-0.25, -0.2) is 13.2 Å². The van der Waals surface area contributed by atoms with Crippen molar-refractivity contribution in [3.05, 3.63) is 65.2 Å². The quantitative estimate of drug-likeness (QED) is 0.895. The lowest BCUT2D eigenvalue weighted by Gasteiger charge is -2.13. The molecule has 0 saturated carbocycles. The number of urea groups is 1. The highest BCUT2D eigenvalue weighted by Crippen LogP contribution is 2.21. The largest absolute Gasteiger partial charge is 0.334 e. The van der Waals surface area contributed by atoms with Crippen LogP contribution >= 0.6 is 0 Å². The summed E-state index contributed by atoms with van der Waals surface area (Å²) in [7, 11) is -3.10. The average Bonchev–Trinajstić information content (AvgIpc) is 2.87. The fraction of sp³-hybridized carbons (Fsp3) is 0.278. The molecule has 2 N–H and O–H groups in total. The molecule has 6 heteroatoms. The van der Waals surface area contributed by atoms with Gasteiger partial charge in [0.15, 0.2) is 9.84 Å².